The zero-order valence-electron chi connectivity index (χ0n) is 12.2. The van der Waals surface area contributed by atoms with Crippen LogP contribution in [0.25, 0.3) is 0 Å². The molecule has 0 aliphatic carbocycles. The van der Waals surface area contributed by atoms with Crippen LogP contribution in [0.4, 0.5) is 5.69 Å². The molecule has 0 aliphatic heterocycles. The van der Waals surface area contributed by atoms with Gasteiger partial charge in [0.1, 0.15) is 5.76 Å². The van der Waals surface area contributed by atoms with E-state index in [4.69, 9.17) is 4.42 Å². The van der Waals surface area contributed by atoms with E-state index in [1.54, 1.807) is 24.5 Å². The maximum atomic E-state index is 11.0. The van der Waals surface area contributed by atoms with Gasteiger partial charge in [0.2, 0.25) is 0 Å². The van der Waals surface area contributed by atoms with Gasteiger partial charge in [-0.15, -0.1) is 0 Å². The molecule has 6 heteroatoms. The Balaban J connectivity index is 1.99. The fourth-order valence-electron chi connectivity index (χ4n) is 2.20. The van der Waals surface area contributed by atoms with Gasteiger partial charge in [-0.3, -0.25) is 15.0 Å². The van der Waals surface area contributed by atoms with E-state index < -0.39 is 0 Å². The number of nitrogens with zero attached hydrogens (tertiary/aromatic N) is 2. The molecule has 1 heterocycles. The van der Waals surface area contributed by atoms with E-state index in [1.807, 2.05) is 31.1 Å². The summed E-state index contributed by atoms with van der Waals surface area (Å²) < 4.78 is 5.43. The van der Waals surface area contributed by atoms with E-state index in [9.17, 15) is 10.1 Å². The fourth-order valence-corrected chi connectivity index (χ4v) is 2.20. The number of nitrogens with one attached hydrogen (secondary N) is 1. The minimum Gasteiger partial charge on any atom is -0.468 e. The predicted octanol–water partition coefficient (Wildman–Crippen LogP) is 2.58. The lowest BCUT2D eigenvalue weighted by Crippen LogP contribution is -2.30. The van der Waals surface area contributed by atoms with Gasteiger partial charge in [-0.1, -0.05) is 18.2 Å². The molecule has 21 heavy (non-hydrogen) atoms. The molecule has 2 rings (SSSR count). The van der Waals surface area contributed by atoms with Gasteiger partial charge in [-0.25, -0.2) is 0 Å². The Morgan fingerprint density at radius 2 is 2.05 bits per heavy atom. The third-order valence-electron chi connectivity index (χ3n) is 3.34. The van der Waals surface area contributed by atoms with Crippen molar-refractivity contribution in [2.45, 2.75) is 12.6 Å². The van der Waals surface area contributed by atoms with Crippen LogP contribution in [-0.4, -0.2) is 30.5 Å². The number of para-hydroxylation sites is 1. The highest BCUT2D eigenvalue weighted by Gasteiger charge is 2.17. The van der Waals surface area contributed by atoms with Gasteiger partial charge in [0, 0.05) is 24.7 Å². The molecule has 0 spiro atoms. The molecule has 0 aliphatic rings. The minimum absolute atomic E-state index is 0.0859. The molecular formula is C15H19N3O3. The van der Waals surface area contributed by atoms with E-state index in [0.717, 1.165) is 5.76 Å². The first-order chi connectivity index (χ1) is 10.1. The van der Waals surface area contributed by atoms with Crippen LogP contribution in [0.1, 0.15) is 17.4 Å². The van der Waals surface area contributed by atoms with Gasteiger partial charge in [0.15, 0.2) is 0 Å². The number of benzene rings is 1. The van der Waals surface area contributed by atoms with Crippen molar-refractivity contribution in [3.8, 4) is 0 Å². The molecular weight excluding hydrogens is 270 g/mol. The largest absolute Gasteiger partial charge is 0.468 e. The molecule has 0 radical (unpaired) electrons. The number of nitro benzene ring substituents is 1. The van der Waals surface area contributed by atoms with Crippen LogP contribution < -0.4 is 5.32 Å². The number of nitro groups is 1. The van der Waals surface area contributed by atoms with Crippen LogP contribution in [-0.2, 0) is 6.54 Å². The number of hydrogen-bond acceptors (Lipinski definition) is 5. The molecule has 2 aromatic rings. The highest BCUT2D eigenvalue weighted by Crippen LogP contribution is 2.19. The monoisotopic (exact) mass is 289 g/mol. The van der Waals surface area contributed by atoms with Gasteiger partial charge in [-0.05, 0) is 26.2 Å². The van der Waals surface area contributed by atoms with E-state index in [1.165, 1.54) is 6.07 Å². The molecule has 1 unspecified atom stereocenters. The normalized spacial score (nSPS) is 12.5. The number of furan rings is 1. The molecule has 6 nitrogen and oxygen atoms in total. The average Bonchev–Trinajstić information content (AvgIpc) is 2.97. The Morgan fingerprint density at radius 1 is 1.29 bits per heavy atom. The van der Waals surface area contributed by atoms with Crippen molar-refractivity contribution in [2.75, 3.05) is 20.6 Å². The van der Waals surface area contributed by atoms with Gasteiger partial charge in [0.05, 0.1) is 17.2 Å². The highest BCUT2D eigenvalue weighted by atomic mass is 16.6. The van der Waals surface area contributed by atoms with Crippen LogP contribution in [0.3, 0.4) is 0 Å². The topological polar surface area (TPSA) is 71.5 Å². The van der Waals surface area contributed by atoms with E-state index >= 15 is 0 Å². The molecule has 0 amide bonds. The molecule has 1 aromatic carbocycles. The minimum atomic E-state index is -0.354. The lowest BCUT2D eigenvalue weighted by Gasteiger charge is -2.22. The summed E-state index contributed by atoms with van der Waals surface area (Å²) in [5.74, 6) is 0.870. The summed E-state index contributed by atoms with van der Waals surface area (Å²) >= 11 is 0. The van der Waals surface area contributed by atoms with Crippen molar-refractivity contribution >= 4 is 5.69 Å². The van der Waals surface area contributed by atoms with Gasteiger partial charge in [-0.2, -0.15) is 0 Å². The van der Waals surface area contributed by atoms with E-state index in [-0.39, 0.29) is 16.7 Å². The number of hydrogen-bond donors (Lipinski definition) is 1. The fraction of sp³-hybridized carbons (Fsp3) is 0.333. The van der Waals surface area contributed by atoms with Crippen molar-refractivity contribution in [3.63, 3.8) is 0 Å². The molecule has 1 N–H and O–H groups in total. The predicted molar refractivity (Wildman–Crippen MR) is 79.9 cm³/mol. The van der Waals surface area contributed by atoms with Gasteiger partial charge >= 0.3 is 0 Å². The molecule has 0 saturated carbocycles. The second-order valence-corrected chi connectivity index (χ2v) is 5.01. The number of likely N-dealkylation sites (N-methyl/N-ethyl adjacent to an activating group) is 1. The third kappa shape index (κ3) is 3.90. The smallest absolute Gasteiger partial charge is 0.273 e. The summed E-state index contributed by atoms with van der Waals surface area (Å²) in [6.45, 7) is 1.09. The molecule has 112 valence electrons. The first kappa shape index (κ1) is 15.2. The van der Waals surface area contributed by atoms with Crippen LogP contribution in [0, 0.1) is 10.1 Å². The molecule has 0 saturated heterocycles. The SMILES string of the molecule is CN(C)C(CNCc1ccccc1[N+](=O)[O-])c1ccco1. The zero-order chi connectivity index (χ0) is 15.2. The quantitative estimate of drug-likeness (QED) is 0.626. The van der Waals surface area contributed by atoms with Gasteiger partial charge < -0.3 is 9.73 Å². The van der Waals surface area contributed by atoms with Crippen LogP contribution in [0.5, 0.6) is 0 Å². The summed E-state index contributed by atoms with van der Waals surface area (Å²) in [7, 11) is 3.94. The van der Waals surface area contributed by atoms with Crippen molar-refractivity contribution in [1.82, 2.24) is 10.2 Å². The van der Waals surface area contributed by atoms with Crippen molar-refractivity contribution in [1.29, 1.82) is 0 Å². The third-order valence-corrected chi connectivity index (χ3v) is 3.34. The van der Waals surface area contributed by atoms with E-state index in [0.29, 0.717) is 18.7 Å². The molecule has 1 aromatic heterocycles. The first-order valence-corrected chi connectivity index (χ1v) is 6.72. The Morgan fingerprint density at radius 3 is 2.67 bits per heavy atom. The summed E-state index contributed by atoms with van der Waals surface area (Å²) in [6, 6.07) is 10.6. The number of rotatable bonds is 7. The second-order valence-electron chi connectivity index (χ2n) is 5.01. The first-order valence-electron chi connectivity index (χ1n) is 6.72. The Kier molecular flexibility index (Phi) is 5.08. The average molecular weight is 289 g/mol. The second kappa shape index (κ2) is 7.01. The van der Waals surface area contributed by atoms with Crippen molar-refractivity contribution in [2.24, 2.45) is 0 Å². The standard InChI is InChI=1S/C15H19N3O3/c1-17(2)14(15-8-5-9-21-15)11-16-10-12-6-3-4-7-13(12)18(19)20/h3-9,14,16H,10-11H2,1-2H3. The lowest BCUT2D eigenvalue weighted by atomic mass is 10.1. The van der Waals surface area contributed by atoms with Crippen LogP contribution in [0.2, 0.25) is 0 Å². The van der Waals surface area contributed by atoms with Crippen molar-refractivity contribution in [3.05, 3.63) is 64.1 Å². The summed E-state index contributed by atoms with van der Waals surface area (Å²) in [5.41, 5.74) is 0.823. The molecule has 0 bridgehead atoms. The van der Waals surface area contributed by atoms with Crippen LogP contribution in [0.15, 0.2) is 47.1 Å². The maximum Gasteiger partial charge on any atom is 0.273 e. The lowest BCUT2D eigenvalue weighted by molar-refractivity contribution is -0.385. The summed E-state index contributed by atoms with van der Waals surface area (Å²) in [6.07, 6.45) is 1.65. The zero-order valence-corrected chi connectivity index (χ0v) is 12.2. The molecule has 0 fully saturated rings. The Labute approximate surface area is 123 Å². The summed E-state index contributed by atoms with van der Waals surface area (Å²) in [4.78, 5) is 12.7. The maximum absolute atomic E-state index is 11.0. The Bertz CT molecular complexity index is 582. The van der Waals surface area contributed by atoms with Crippen LogP contribution >= 0.6 is 0 Å². The van der Waals surface area contributed by atoms with Gasteiger partial charge in [0.25, 0.3) is 5.69 Å². The molecule has 1 atom stereocenters. The van der Waals surface area contributed by atoms with Crippen molar-refractivity contribution < 1.29 is 9.34 Å². The summed E-state index contributed by atoms with van der Waals surface area (Å²) in [5, 5.41) is 14.2. The Hall–Kier alpha value is -2.18. The van der Waals surface area contributed by atoms with E-state index in [2.05, 4.69) is 5.32 Å². The highest BCUT2D eigenvalue weighted by molar-refractivity contribution is 5.39.